The van der Waals surface area contributed by atoms with Gasteiger partial charge in [0.25, 0.3) is 11.1 Å². The average molecular weight is 292 g/mol. The summed E-state index contributed by atoms with van der Waals surface area (Å²) >= 11 is 1.53. The molecular formula is C15H20N2O2S. The second-order valence-electron chi connectivity index (χ2n) is 5.46. The molecule has 1 aromatic carbocycles. The van der Waals surface area contributed by atoms with Crippen LogP contribution in [0.3, 0.4) is 0 Å². The second-order valence-corrected chi connectivity index (χ2v) is 6.67. The molecule has 0 aliphatic heterocycles. The van der Waals surface area contributed by atoms with E-state index in [2.05, 4.69) is 43.1 Å². The van der Waals surface area contributed by atoms with Gasteiger partial charge in [-0.15, -0.1) is 10.2 Å². The Morgan fingerprint density at radius 3 is 2.45 bits per heavy atom. The number of ether oxygens (including phenoxy) is 1. The van der Waals surface area contributed by atoms with Crippen LogP contribution >= 0.6 is 11.8 Å². The third-order valence-electron chi connectivity index (χ3n) is 2.80. The molecule has 0 aliphatic rings. The first-order chi connectivity index (χ1) is 9.49. The Labute approximate surface area is 123 Å². The fourth-order valence-electron chi connectivity index (χ4n) is 1.67. The smallest absolute Gasteiger partial charge is 0.276 e. The highest BCUT2D eigenvalue weighted by Crippen LogP contribution is 2.24. The van der Waals surface area contributed by atoms with E-state index in [9.17, 15) is 0 Å². The van der Waals surface area contributed by atoms with Crippen molar-refractivity contribution >= 4 is 11.8 Å². The maximum Gasteiger partial charge on any atom is 0.276 e. The molecule has 20 heavy (non-hydrogen) atoms. The fourth-order valence-corrected chi connectivity index (χ4v) is 2.18. The van der Waals surface area contributed by atoms with Gasteiger partial charge in [-0.1, -0.05) is 51.6 Å². The van der Waals surface area contributed by atoms with Crippen molar-refractivity contribution in [3.63, 3.8) is 0 Å². The van der Waals surface area contributed by atoms with Crippen LogP contribution in [0.2, 0.25) is 0 Å². The summed E-state index contributed by atoms with van der Waals surface area (Å²) in [6.07, 6.45) is 0. The number of benzene rings is 1. The lowest BCUT2D eigenvalue weighted by molar-refractivity contribution is 0.252. The lowest BCUT2D eigenvalue weighted by Gasteiger charge is -2.19. The largest absolute Gasteiger partial charge is 0.484 e. The molecule has 2 rings (SSSR count). The number of thioether (sulfide) groups is 1. The van der Waals surface area contributed by atoms with Crippen LogP contribution < -0.4 is 4.74 Å². The number of nitrogens with zero attached hydrogens (tertiary/aromatic N) is 2. The molecule has 4 nitrogen and oxygen atoms in total. The summed E-state index contributed by atoms with van der Waals surface area (Å²) in [7, 11) is 0. The molecular weight excluding hydrogens is 272 g/mol. The third kappa shape index (κ3) is 4.00. The normalized spacial score (nSPS) is 11.6. The van der Waals surface area contributed by atoms with Crippen LogP contribution in [-0.2, 0) is 12.0 Å². The van der Waals surface area contributed by atoms with E-state index in [0.717, 1.165) is 11.5 Å². The minimum absolute atomic E-state index is 0.150. The van der Waals surface area contributed by atoms with Crippen molar-refractivity contribution in [3.05, 3.63) is 35.7 Å². The van der Waals surface area contributed by atoms with E-state index in [0.29, 0.717) is 17.7 Å². The Bertz CT molecular complexity index is 544. The minimum atomic E-state index is 0.150. The van der Waals surface area contributed by atoms with Gasteiger partial charge in [-0.05, 0) is 28.9 Å². The third-order valence-corrected chi connectivity index (χ3v) is 3.50. The highest BCUT2D eigenvalue weighted by molar-refractivity contribution is 7.99. The van der Waals surface area contributed by atoms with Crippen LogP contribution in [-0.4, -0.2) is 16.0 Å². The van der Waals surface area contributed by atoms with Crippen molar-refractivity contribution in [2.24, 2.45) is 0 Å². The maximum atomic E-state index is 5.65. The first kappa shape index (κ1) is 14.9. The van der Waals surface area contributed by atoms with Gasteiger partial charge in [0, 0.05) is 0 Å². The van der Waals surface area contributed by atoms with Gasteiger partial charge in [-0.2, -0.15) is 0 Å². The van der Waals surface area contributed by atoms with Crippen molar-refractivity contribution in [1.29, 1.82) is 0 Å². The van der Waals surface area contributed by atoms with Gasteiger partial charge in [0.15, 0.2) is 6.61 Å². The molecule has 0 aliphatic carbocycles. The predicted octanol–water partition coefficient (Wildman–Crippen LogP) is 4.06. The van der Waals surface area contributed by atoms with Gasteiger partial charge in [-0.3, -0.25) is 0 Å². The molecule has 0 N–H and O–H groups in total. The highest BCUT2D eigenvalue weighted by atomic mass is 32.2. The number of aromatic nitrogens is 2. The monoisotopic (exact) mass is 292 g/mol. The van der Waals surface area contributed by atoms with Gasteiger partial charge in [0.1, 0.15) is 5.75 Å². The summed E-state index contributed by atoms with van der Waals surface area (Å²) in [6, 6.07) is 8.11. The number of rotatable bonds is 5. The Morgan fingerprint density at radius 2 is 1.85 bits per heavy atom. The average Bonchev–Trinajstić information content (AvgIpc) is 2.84. The highest BCUT2D eigenvalue weighted by Gasteiger charge is 2.13. The molecule has 0 amide bonds. The molecule has 0 spiro atoms. The van der Waals surface area contributed by atoms with Crippen molar-refractivity contribution in [2.75, 3.05) is 5.75 Å². The van der Waals surface area contributed by atoms with Crippen LogP contribution in [0.25, 0.3) is 0 Å². The molecule has 0 fully saturated rings. The summed E-state index contributed by atoms with van der Waals surface area (Å²) in [5.41, 5.74) is 1.43. The Kier molecular flexibility index (Phi) is 4.70. The maximum absolute atomic E-state index is 5.65. The zero-order chi connectivity index (χ0) is 14.6. The van der Waals surface area contributed by atoms with Crippen LogP contribution in [0.15, 0.2) is 33.9 Å². The van der Waals surface area contributed by atoms with Crippen molar-refractivity contribution < 1.29 is 9.15 Å². The van der Waals surface area contributed by atoms with Gasteiger partial charge >= 0.3 is 0 Å². The summed E-state index contributed by atoms with van der Waals surface area (Å²) in [6.45, 7) is 8.91. The zero-order valence-electron chi connectivity index (χ0n) is 12.3. The quantitative estimate of drug-likeness (QED) is 0.778. The molecule has 0 saturated heterocycles. The molecule has 1 aromatic heterocycles. The molecule has 0 atom stereocenters. The van der Waals surface area contributed by atoms with Crippen molar-refractivity contribution in [3.8, 4) is 5.75 Å². The SMILES string of the molecule is CCSc1nnc(COc2ccc(C(C)(C)C)cc2)o1. The second kappa shape index (κ2) is 6.31. The van der Waals surface area contributed by atoms with Gasteiger partial charge in [-0.25, -0.2) is 0 Å². The summed E-state index contributed by atoms with van der Waals surface area (Å²) < 4.78 is 11.1. The van der Waals surface area contributed by atoms with Gasteiger partial charge in [0.2, 0.25) is 0 Å². The zero-order valence-corrected chi connectivity index (χ0v) is 13.2. The van der Waals surface area contributed by atoms with E-state index in [1.807, 2.05) is 19.1 Å². The summed E-state index contributed by atoms with van der Waals surface area (Å²) in [4.78, 5) is 0. The van der Waals surface area contributed by atoms with Crippen LogP contribution in [0.1, 0.15) is 39.1 Å². The first-order valence-corrected chi connectivity index (χ1v) is 7.66. The van der Waals surface area contributed by atoms with Crippen LogP contribution in [0, 0.1) is 0 Å². The van der Waals surface area contributed by atoms with E-state index >= 15 is 0 Å². The Balaban J connectivity index is 1.93. The van der Waals surface area contributed by atoms with Crippen LogP contribution in [0.4, 0.5) is 0 Å². The molecule has 0 saturated carbocycles. The van der Waals surface area contributed by atoms with E-state index in [4.69, 9.17) is 9.15 Å². The minimum Gasteiger partial charge on any atom is -0.484 e. The number of hydrogen-bond acceptors (Lipinski definition) is 5. The van der Waals surface area contributed by atoms with Gasteiger partial charge in [0.05, 0.1) is 0 Å². The molecule has 0 radical (unpaired) electrons. The first-order valence-electron chi connectivity index (χ1n) is 6.67. The predicted molar refractivity (Wildman–Crippen MR) is 80.2 cm³/mol. The van der Waals surface area contributed by atoms with Gasteiger partial charge < -0.3 is 9.15 Å². The number of hydrogen-bond donors (Lipinski definition) is 0. The Hall–Kier alpha value is -1.49. The Morgan fingerprint density at radius 1 is 1.15 bits per heavy atom. The van der Waals surface area contributed by atoms with E-state index in [1.54, 1.807) is 0 Å². The summed E-state index contributed by atoms with van der Waals surface area (Å²) in [5.74, 6) is 2.22. The molecule has 0 unspecified atom stereocenters. The molecule has 5 heteroatoms. The topological polar surface area (TPSA) is 48.2 Å². The fraction of sp³-hybridized carbons (Fsp3) is 0.467. The van der Waals surface area contributed by atoms with Crippen LogP contribution in [0.5, 0.6) is 5.75 Å². The molecule has 108 valence electrons. The lowest BCUT2D eigenvalue weighted by Crippen LogP contribution is -2.10. The lowest BCUT2D eigenvalue weighted by atomic mass is 9.87. The van der Waals surface area contributed by atoms with E-state index in [-0.39, 0.29) is 5.41 Å². The summed E-state index contributed by atoms with van der Waals surface area (Å²) in [5, 5.41) is 8.47. The van der Waals surface area contributed by atoms with E-state index < -0.39 is 0 Å². The van der Waals surface area contributed by atoms with Crippen molar-refractivity contribution in [1.82, 2.24) is 10.2 Å². The molecule has 1 heterocycles. The van der Waals surface area contributed by atoms with E-state index in [1.165, 1.54) is 17.3 Å². The van der Waals surface area contributed by atoms with Crippen molar-refractivity contribution in [2.45, 2.75) is 44.9 Å². The standard InChI is InChI=1S/C15H20N2O2S/c1-5-20-14-17-16-13(19-14)10-18-12-8-6-11(7-9-12)15(2,3)4/h6-9H,5,10H2,1-4H3. The molecule has 2 aromatic rings. The molecule has 0 bridgehead atoms.